The van der Waals surface area contributed by atoms with E-state index in [0.29, 0.717) is 23.9 Å². The average molecular weight is 223 g/mol. The number of primary amides is 1. The Hall–Kier alpha value is -1.85. The van der Waals surface area contributed by atoms with Crippen molar-refractivity contribution in [3.05, 3.63) is 11.9 Å². The maximum atomic E-state index is 10.5. The second-order valence-corrected chi connectivity index (χ2v) is 3.58. The lowest BCUT2D eigenvalue weighted by molar-refractivity contribution is -0.118. The molecular weight excluding hydrogens is 206 g/mol. The molecule has 0 aromatic carbocycles. The van der Waals surface area contributed by atoms with Gasteiger partial charge in [0.1, 0.15) is 17.5 Å². The summed E-state index contributed by atoms with van der Waals surface area (Å²) in [7, 11) is 0. The molecule has 88 valence electrons. The van der Waals surface area contributed by atoms with Crippen LogP contribution in [0.1, 0.15) is 25.1 Å². The zero-order valence-corrected chi connectivity index (χ0v) is 9.36. The molecule has 1 aromatic heterocycles. The Morgan fingerprint density at radius 3 is 2.81 bits per heavy atom. The van der Waals surface area contributed by atoms with Crippen LogP contribution in [0.25, 0.3) is 0 Å². The Morgan fingerprint density at radius 1 is 1.44 bits per heavy atom. The van der Waals surface area contributed by atoms with Crippen LogP contribution >= 0.6 is 0 Å². The van der Waals surface area contributed by atoms with Gasteiger partial charge in [-0.2, -0.15) is 0 Å². The second kappa shape index (κ2) is 5.89. The first-order valence-corrected chi connectivity index (χ1v) is 5.21. The molecule has 0 saturated heterocycles. The molecule has 0 aliphatic rings. The highest BCUT2D eigenvalue weighted by Gasteiger charge is 1.99. The maximum Gasteiger partial charge on any atom is 0.217 e. The van der Waals surface area contributed by atoms with Crippen LogP contribution in [0.5, 0.6) is 0 Å². The van der Waals surface area contributed by atoms with Crippen LogP contribution in [0.4, 0.5) is 11.6 Å². The smallest absolute Gasteiger partial charge is 0.217 e. The highest BCUT2D eigenvalue weighted by atomic mass is 16.1. The molecule has 1 heterocycles. The van der Waals surface area contributed by atoms with Crippen molar-refractivity contribution in [1.29, 1.82) is 0 Å². The molecule has 0 aliphatic carbocycles. The van der Waals surface area contributed by atoms with Crippen LogP contribution < -0.4 is 16.8 Å². The minimum Gasteiger partial charge on any atom is -0.384 e. The van der Waals surface area contributed by atoms with E-state index in [1.54, 1.807) is 13.0 Å². The van der Waals surface area contributed by atoms with E-state index in [-0.39, 0.29) is 5.91 Å². The van der Waals surface area contributed by atoms with Crippen molar-refractivity contribution >= 4 is 17.5 Å². The molecule has 5 N–H and O–H groups in total. The fourth-order valence-electron chi connectivity index (χ4n) is 1.32. The first-order valence-electron chi connectivity index (χ1n) is 5.21. The number of rotatable bonds is 6. The van der Waals surface area contributed by atoms with Gasteiger partial charge in [0, 0.05) is 19.0 Å². The minimum absolute atomic E-state index is 0.262. The summed E-state index contributed by atoms with van der Waals surface area (Å²) in [5.41, 5.74) is 10.6. The van der Waals surface area contributed by atoms with Crippen molar-refractivity contribution in [2.75, 3.05) is 17.6 Å². The van der Waals surface area contributed by atoms with Crippen molar-refractivity contribution in [3.63, 3.8) is 0 Å². The van der Waals surface area contributed by atoms with Gasteiger partial charge in [0.15, 0.2) is 0 Å². The molecule has 6 heteroatoms. The number of nitrogens with zero attached hydrogens (tertiary/aromatic N) is 2. The average Bonchev–Trinajstić information content (AvgIpc) is 2.15. The molecule has 16 heavy (non-hydrogen) atoms. The van der Waals surface area contributed by atoms with E-state index >= 15 is 0 Å². The molecular formula is C10H17N5O. The zero-order valence-electron chi connectivity index (χ0n) is 9.36. The van der Waals surface area contributed by atoms with Gasteiger partial charge in [-0.05, 0) is 19.8 Å². The van der Waals surface area contributed by atoms with Gasteiger partial charge in [0.25, 0.3) is 0 Å². The standard InChI is InChI=1S/C10H17N5O/c1-7-14-8(11)6-10(15-7)13-5-3-2-4-9(12)16/h6H,2-5H2,1H3,(H2,12,16)(H3,11,13,14,15). The number of unbranched alkanes of at least 4 members (excludes halogenated alkanes) is 1. The SMILES string of the molecule is Cc1nc(N)cc(NCCCCC(N)=O)n1. The summed E-state index contributed by atoms with van der Waals surface area (Å²) in [4.78, 5) is 18.6. The van der Waals surface area contributed by atoms with Crippen LogP contribution in [0.2, 0.25) is 0 Å². The van der Waals surface area contributed by atoms with Crippen molar-refractivity contribution in [1.82, 2.24) is 9.97 Å². The van der Waals surface area contributed by atoms with Gasteiger partial charge in [-0.1, -0.05) is 0 Å². The topological polar surface area (TPSA) is 107 Å². The molecule has 0 spiro atoms. The van der Waals surface area contributed by atoms with Crippen molar-refractivity contribution in [2.45, 2.75) is 26.2 Å². The van der Waals surface area contributed by atoms with Crippen LogP contribution in [0, 0.1) is 6.92 Å². The number of hydrogen-bond donors (Lipinski definition) is 3. The number of aromatic nitrogens is 2. The molecule has 0 unspecified atom stereocenters. The highest BCUT2D eigenvalue weighted by molar-refractivity contribution is 5.73. The lowest BCUT2D eigenvalue weighted by Crippen LogP contribution is -2.11. The minimum atomic E-state index is -0.262. The van der Waals surface area contributed by atoms with Gasteiger partial charge in [0.05, 0.1) is 0 Å². The van der Waals surface area contributed by atoms with Crippen LogP contribution in [-0.4, -0.2) is 22.4 Å². The molecule has 0 bridgehead atoms. The third kappa shape index (κ3) is 4.59. The molecule has 0 radical (unpaired) electrons. The summed E-state index contributed by atoms with van der Waals surface area (Å²) in [6.45, 7) is 2.53. The molecule has 0 saturated carbocycles. The van der Waals surface area contributed by atoms with Gasteiger partial charge in [-0.15, -0.1) is 0 Å². The van der Waals surface area contributed by atoms with E-state index < -0.39 is 0 Å². The maximum absolute atomic E-state index is 10.5. The summed E-state index contributed by atoms with van der Waals surface area (Å²) in [5.74, 6) is 1.54. The number of aryl methyl sites for hydroxylation is 1. The Balaban J connectivity index is 2.29. The van der Waals surface area contributed by atoms with Crippen LogP contribution in [0.15, 0.2) is 6.07 Å². The number of carbonyl (C=O) groups excluding carboxylic acids is 1. The lowest BCUT2D eigenvalue weighted by Gasteiger charge is -2.06. The van der Waals surface area contributed by atoms with E-state index in [1.165, 1.54) is 0 Å². The van der Waals surface area contributed by atoms with Gasteiger partial charge < -0.3 is 16.8 Å². The Bertz CT molecular complexity index is 346. The van der Waals surface area contributed by atoms with Gasteiger partial charge in [-0.3, -0.25) is 4.79 Å². The number of hydrogen-bond acceptors (Lipinski definition) is 5. The Morgan fingerprint density at radius 2 is 2.19 bits per heavy atom. The predicted molar refractivity (Wildman–Crippen MR) is 62.7 cm³/mol. The summed E-state index contributed by atoms with van der Waals surface area (Å²) in [5, 5.41) is 3.12. The summed E-state index contributed by atoms with van der Waals surface area (Å²) >= 11 is 0. The summed E-state index contributed by atoms with van der Waals surface area (Å²) < 4.78 is 0. The van der Waals surface area contributed by atoms with Gasteiger partial charge in [0.2, 0.25) is 5.91 Å². The molecule has 0 atom stereocenters. The highest BCUT2D eigenvalue weighted by Crippen LogP contribution is 2.07. The number of nitrogen functional groups attached to an aromatic ring is 1. The number of carbonyl (C=O) groups is 1. The van der Waals surface area contributed by atoms with E-state index in [1.807, 2.05) is 0 Å². The third-order valence-electron chi connectivity index (χ3n) is 2.01. The molecule has 1 aromatic rings. The van der Waals surface area contributed by atoms with Crippen molar-refractivity contribution in [3.8, 4) is 0 Å². The normalized spacial score (nSPS) is 10.1. The summed E-state index contributed by atoms with van der Waals surface area (Å²) in [6, 6.07) is 1.68. The number of nitrogens with one attached hydrogen (secondary N) is 1. The summed E-state index contributed by atoms with van der Waals surface area (Å²) in [6.07, 6.45) is 2.07. The van der Waals surface area contributed by atoms with Crippen molar-refractivity contribution in [2.24, 2.45) is 5.73 Å². The first-order chi connectivity index (χ1) is 7.58. The molecule has 1 amide bonds. The van der Waals surface area contributed by atoms with Gasteiger partial charge in [-0.25, -0.2) is 9.97 Å². The number of nitrogens with two attached hydrogens (primary N) is 2. The number of anilines is 2. The first kappa shape index (κ1) is 12.2. The third-order valence-corrected chi connectivity index (χ3v) is 2.01. The van der Waals surface area contributed by atoms with Crippen LogP contribution in [-0.2, 0) is 4.79 Å². The van der Waals surface area contributed by atoms with Crippen LogP contribution in [0.3, 0.4) is 0 Å². The Labute approximate surface area is 94.5 Å². The van der Waals surface area contributed by atoms with E-state index in [9.17, 15) is 4.79 Å². The molecule has 6 nitrogen and oxygen atoms in total. The lowest BCUT2D eigenvalue weighted by atomic mass is 10.2. The molecule has 0 fully saturated rings. The molecule has 0 aliphatic heterocycles. The fourth-order valence-corrected chi connectivity index (χ4v) is 1.32. The predicted octanol–water partition coefficient (Wildman–Crippen LogP) is 0.435. The van der Waals surface area contributed by atoms with E-state index in [4.69, 9.17) is 11.5 Å². The zero-order chi connectivity index (χ0) is 12.0. The quantitative estimate of drug-likeness (QED) is 0.606. The largest absolute Gasteiger partial charge is 0.384 e. The number of amides is 1. The van der Waals surface area contributed by atoms with Crippen molar-refractivity contribution < 1.29 is 4.79 Å². The Kier molecular flexibility index (Phi) is 4.50. The van der Waals surface area contributed by atoms with E-state index in [0.717, 1.165) is 19.4 Å². The molecule has 1 rings (SSSR count). The second-order valence-electron chi connectivity index (χ2n) is 3.58. The van der Waals surface area contributed by atoms with Gasteiger partial charge >= 0.3 is 0 Å². The van der Waals surface area contributed by atoms with E-state index in [2.05, 4.69) is 15.3 Å². The monoisotopic (exact) mass is 223 g/mol. The fraction of sp³-hybridized carbons (Fsp3) is 0.500.